The normalized spacial score (nSPS) is 22.1. The van der Waals surface area contributed by atoms with Gasteiger partial charge in [0.1, 0.15) is 5.75 Å². The highest BCUT2D eigenvalue weighted by molar-refractivity contribution is 5.82. The molecule has 1 aromatic carbocycles. The van der Waals surface area contributed by atoms with Gasteiger partial charge in [-0.15, -0.1) is 0 Å². The van der Waals surface area contributed by atoms with E-state index >= 15 is 0 Å². The highest BCUT2D eigenvalue weighted by Gasteiger charge is 2.24. The third-order valence-electron chi connectivity index (χ3n) is 5.05. The fraction of sp³-hybridized carbons (Fsp3) is 0.611. The van der Waals surface area contributed by atoms with Crippen LogP contribution < -0.4 is 10.6 Å². The molecule has 1 aromatic rings. The standard InChI is InChI=1S/C18H26N2O2/c21-16-7-6-14-11-17(20-12-15(14)10-16)18(22)19-9-8-13-4-2-1-3-5-13/h6-7,10,13,17,20-21H,1-5,8-9,11-12H2,(H,19,22)/t17-/m1/s1. The van der Waals surface area contributed by atoms with Gasteiger partial charge in [-0.1, -0.05) is 38.2 Å². The molecule has 1 amide bonds. The first kappa shape index (κ1) is 15.3. The fourth-order valence-electron chi connectivity index (χ4n) is 3.69. The summed E-state index contributed by atoms with van der Waals surface area (Å²) in [5, 5.41) is 15.9. The molecule has 0 saturated heterocycles. The summed E-state index contributed by atoms with van der Waals surface area (Å²) in [7, 11) is 0. The Bertz CT molecular complexity index is 524. The number of carbonyl (C=O) groups is 1. The first-order valence-corrected chi connectivity index (χ1v) is 8.54. The molecule has 0 unspecified atom stereocenters. The number of amides is 1. The Hall–Kier alpha value is -1.55. The maximum absolute atomic E-state index is 12.3. The number of rotatable bonds is 4. The summed E-state index contributed by atoms with van der Waals surface area (Å²) in [6.45, 7) is 1.44. The molecule has 1 fully saturated rings. The van der Waals surface area contributed by atoms with Crippen LogP contribution in [0.25, 0.3) is 0 Å². The van der Waals surface area contributed by atoms with Crippen LogP contribution in [0.15, 0.2) is 18.2 Å². The lowest BCUT2D eigenvalue weighted by atomic mass is 9.87. The molecule has 2 aliphatic rings. The minimum atomic E-state index is -0.150. The Morgan fingerprint density at radius 1 is 1.23 bits per heavy atom. The van der Waals surface area contributed by atoms with Crippen molar-refractivity contribution >= 4 is 5.91 Å². The van der Waals surface area contributed by atoms with Crippen LogP contribution in [0, 0.1) is 5.92 Å². The molecule has 0 aromatic heterocycles. The van der Waals surface area contributed by atoms with Gasteiger partial charge in [-0.25, -0.2) is 0 Å². The van der Waals surface area contributed by atoms with Crippen molar-refractivity contribution in [1.82, 2.24) is 10.6 Å². The lowest BCUT2D eigenvalue weighted by Gasteiger charge is -2.26. The molecule has 0 spiro atoms. The molecular formula is C18H26N2O2. The van der Waals surface area contributed by atoms with Gasteiger partial charge < -0.3 is 15.7 Å². The molecule has 120 valence electrons. The van der Waals surface area contributed by atoms with E-state index in [2.05, 4.69) is 10.6 Å². The molecule has 0 radical (unpaired) electrons. The van der Waals surface area contributed by atoms with Gasteiger partial charge in [0.2, 0.25) is 5.91 Å². The number of benzene rings is 1. The molecule has 3 N–H and O–H groups in total. The van der Waals surface area contributed by atoms with Crippen LogP contribution in [0.3, 0.4) is 0 Å². The van der Waals surface area contributed by atoms with E-state index in [0.717, 1.165) is 30.0 Å². The number of aromatic hydroxyl groups is 1. The summed E-state index contributed by atoms with van der Waals surface area (Å²) in [5.74, 6) is 1.20. The molecule has 4 heteroatoms. The average molecular weight is 302 g/mol. The van der Waals surface area contributed by atoms with Crippen LogP contribution in [-0.2, 0) is 17.8 Å². The lowest BCUT2D eigenvalue weighted by Crippen LogP contribution is -2.48. The molecular weight excluding hydrogens is 276 g/mol. The molecule has 1 aliphatic heterocycles. The minimum absolute atomic E-state index is 0.106. The molecule has 1 atom stereocenters. The Labute approximate surface area is 132 Å². The first-order valence-electron chi connectivity index (χ1n) is 8.54. The second kappa shape index (κ2) is 7.14. The molecule has 22 heavy (non-hydrogen) atoms. The summed E-state index contributed by atoms with van der Waals surface area (Å²) in [5.41, 5.74) is 2.25. The van der Waals surface area contributed by atoms with Crippen molar-refractivity contribution in [2.24, 2.45) is 5.92 Å². The van der Waals surface area contributed by atoms with Gasteiger partial charge in [-0.3, -0.25) is 4.79 Å². The second-order valence-corrected chi connectivity index (χ2v) is 6.67. The predicted molar refractivity (Wildman–Crippen MR) is 86.6 cm³/mol. The van der Waals surface area contributed by atoms with E-state index in [1.54, 1.807) is 12.1 Å². The average Bonchev–Trinajstić information content (AvgIpc) is 2.55. The molecule has 3 rings (SSSR count). The van der Waals surface area contributed by atoms with Crippen molar-refractivity contribution in [2.45, 2.75) is 57.5 Å². The number of hydrogen-bond donors (Lipinski definition) is 3. The minimum Gasteiger partial charge on any atom is -0.508 e. The van der Waals surface area contributed by atoms with E-state index in [4.69, 9.17) is 0 Å². The third kappa shape index (κ3) is 3.80. The molecule has 0 bridgehead atoms. The van der Waals surface area contributed by atoms with Crippen molar-refractivity contribution in [1.29, 1.82) is 0 Å². The van der Waals surface area contributed by atoms with Crippen molar-refractivity contribution in [3.8, 4) is 5.75 Å². The predicted octanol–water partition coefficient (Wildman–Crippen LogP) is 2.49. The van der Waals surface area contributed by atoms with Crippen LogP contribution in [-0.4, -0.2) is 23.6 Å². The Morgan fingerprint density at radius 3 is 2.86 bits per heavy atom. The zero-order chi connectivity index (χ0) is 15.4. The zero-order valence-corrected chi connectivity index (χ0v) is 13.1. The monoisotopic (exact) mass is 302 g/mol. The molecule has 1 heterocycles. The van der Waals surface area contributed by atoms with E-state index in [1.807, 2.05) is 6.07 Å². The molecule has 1 saturated carbocycles. The summed E-state index contributed by atoms with van der Waals surface area (Å²) in [4.78, 5) is 12.3. The van der Waals surface area contributed by atoms with E-state index in [-0.39, 0.29) is 17.7 Å². The molecule has 1 aliphatic carbocycles. The Morgan fingerprint density at radius 2 is 2.05 bits per heavy atom. The Kier molecular flexibility index (Phi) is 4.98. The SMILES string of the molecule is O=C(NCCC1CCCCC1)[C@H]1Cc2ccc(O)cc2CN1. The number of phenols is 1. The van der Waals surface area contributed by atoms with Crippen molar-refractivity contribution in [2.75, 3.05) is 6.54 Å². The summed E-state index contributed by atoms with van der Waals surface area (Å²) in [6, 6.07) is 5.25. The maximum Gasteiger partial charge on any atom is 0.237 e. The highest BCUT2D eigenvalue weighted by Crippen LogP contribution is 2.26. The van der Waals surface area contributed by atoms with Gasteiger partial charge in [-0.2, -0.15) is 0 Å². The van der Waals surface area contributed by atoms with Gasteiger partial charge in [0.05, 0.1) is 6.04 Å². The van der Waals surface area contributed by atoms with Gasteiger partial charge in [0.25, 0.3) is 0 Å². The third-order valence-corrected chi connectivity index (χ3v) is 5.05. The van der Waals surface area contributed by atoms with Crippen LogP contribution in [0.4, 0.5) is 0 Å². The number of nitrogens with one attached hydrogen (secondary N) is 2. The second-order valence-electron chi connectivity index (χ2n) is 6.67. The quantitative estimate of drug-likeness (QED) is 0.801. The smallest absolute Gasteiger partial charge is 0.237 e. The number of fused-ring (bicyclic) bond motifs is 1. The zero-order valence-electron chi connectivity index (χ0n) is 13.1. The van der Waals surface area contributed by atoms with E-state index in [0.29, 0.717) is 13.0 Å². The van der Waals surface area contributed by atoms with Crippen molar-refractivity contribution < 1.29 is 9.90 Å². The highest BCUT2D eigenvalue weighted by atomic mass is 16.3. The maximum atomic E-state index is 12.3. The van der Waals surface area contributed by atoms with Gasteiger partial charge in [-0.05, 0) is 42.0 Å². The number of hydrogen-bond acceptors (Lipinski definition) is 3. The topological polar surface area (TPSA) is 61.4 Å². The van der Waals surface area contributed by atoms with Crippen LogP contribution >= 0.6 is 0 Å². The number of phenolic OH excluding ortho intramolecular Hbond substituents is 1. The van der Waals surface area contributed by atoms with E-state index in [9.17, 15) is 9.90 Å². The van der Waals surface area contributed by atoms with Crippen molar-refractivity contribution in [3.63, 3.8) is 0 Å². The Balaban J connectivity index is 1.46. The van der Waals surface area contributed by atoms with Crippen LogP contribution in [0.5, 0.6) is 5.75 Å². The van der Waals surface area contributed by atoms with Gasteiger partial charge in [0.15, 0.2) is 0 Å². The summed E-state index contributed by atoms with van der Waals surface area (Å²) in [6.07, 6.45) is 8.55. The van der Waals surface area contributed by atoms with Gasteiger partial charge in [0, 0.05) is 13.1 Å². The number of carbonyl (C=O) groups excluding carboxylic acids is 1. The lowest BCUT2D eigenvalue weighted by molar-refractivity contribution is -0.123. The van der Waals surface area contributed by atoms with Crippen LogP contribution in [0.2, 0.25) is 0 Å². The summed E-state index contributed by atoms with van der Waals surface area (Å²) >= 11 is 0. The van der Waals surface area contributed by atoms with E-state index < -0.39 is 0 Å². The van der Waals surface area contributed by atoms with E-state index in [1.165, 1.54) is 32.1 Å². The summed E-state index contributed by atoms with van der Waals surface area (Å²) < 4.78 is 0. The first-order chi connectivity index (χ1) is 10.7. The van der Waals surface area contributed by atoms with Gasteiger partial charge >= 0.3 is 0 Å². The molecule has 4 nitrogen and oxygen atoms in total. The largest absolute Gasteiger partial charge is 0.508 e. The van der Waals surface area contributed by atoms with Crippen LogP contribution in [0.1, 0.15) is 49.7 Å². The fourth-order valence-corrected chi connectivity index (χ4v) is 3.69. The van der Waals surface area contributed by atoms with Crippen molar-refractivity contribution in [3.05, 3.63) is 29.3 Å².